The Kier molecular flexibility index (Phi) is 4.94. The molecule has 4 atom stereocenters. The molecule has 1 N–H and O–H groups in total. The van der Waals surface area contributed by atoms with Gasteiger partial charge in [-0.2, -0.15) is 4.98 Å². The summed E-state index contributed by atoms with van der Waals surface area (Å²) in [5.74, 6) is 0.459. The fourth-order valence-corrected chi connectivity index (χ4v) is 5.27. The third-order valence-electron chi connectivity index (χ3n) is 7.09. The monoisotopic (exact) mass is 455 g/mol. The molecule has 0 bridgehead atoms. The fraction of sp³-hybridized carbons (Fsp3) is 0.308. The van der Waals surface area contributed by atoms with Crippen molar-refractivity contribution in [3.63, 3.8) is 0 Å². The Labute approximate surface area is 197 Å². The van der Waals surface area contributed by atoms with Crippen LogP contribution in [0.1, 0.15) is 42.5 Å². The average molecular weight is 456 g/mol. The maximum absolute atomic E-state index is 13.1. The molecule has 1 fully saturated rings. The van der Waals surface area contributed by atoms with Crippen LogP contribution in [0.2, 0.25) is 0 Å². The van der Waals surface area contributed by atoms with Gasteiger partial charge in [-0.05, 0) is 42.5 Å². The van der Waals surface area contributed by atoms with Gasteiger partial charge >= 0.3 is 0 Å². The van der Waals surface area contributed by atoms with Gasteiger partial charge in [0.25, 0.3) is 5.95 Å². The highest BCUT2D eigenvalue weighted by Crippen LogP contribution is 2.41. The van der Waals surface area contributed by atoms with E-state index < -0.39 is 0 Å². The van der Waals surface area contributed by atoms with Crippen molar-refractivity contribution in [1.29, 1.82) is 0 Å². The van der Waals surface area contributed by atoms with Crippen molar-refractivity contribution < 1.29 is 14.3 Å². The molecule has 1 aromatic heterocycles. The lowest BCUT2D eigenvalue weighted by Gasteiger charge is -2.31. The van der Waals surface area contributed by atoms with Crippen LogP contribution in [0.4, 0.5) is 11.9 Å². The molecule has 2 aliphatic heterocycles. The lowest BCUT2D eigenvalue weighted by molar-refractivity contribution is -0.122. The van der Waals surface area contributed by atoms with Crippen molar-refractivity contribution in [2.45, 2.75) is 31.3 Å². The van der Waals surface area contributed by atoms with Gasteiger partial charge < -0.3 is 10.1 Å². The van der Waals surface area contributed by atoms with Gasteiger partial charge in [0.1, 0.15) is 5.75 Å². The van der Waals surface area contributed by atoms with Crippen LogP contribution < -0.4 is 15.0 Å². The summed E-state index contributed by atoms with van der Waals surface area (Å²) in [4.78, 5) is 32.1. The minimum absolute atomic E-state index is 0.0163. The molecule has 34 heavy (non-hydrogen) atoms. The first-order valence-corrected chi connectivity index (χ1v) is 11.6. The number of imide groups is 1. The summed E-state index contributed by atoms with van der Waals surface area (Å²) < 4.78 is 7.11. The van der Waals surface area contributed by atoms with E-state index >= 15 is 0 Å². The summed E-state index contributed by atoms with van der Waals surface area (Å²) in [6.07, 6.45) is 5.87. The highest BCUT2D eigenvalue weighted by molar-refractivity contribution is 6.21. The topological polar surface area (TPSA) is 89.4 Å². The molecule has 8 nitrogen and oxygen atoms in total. The van der Waals surface area contributed by atoms with E-state index in [4.69, 9.17) is 9.84 Å². The summed E-state index contributed by atoms with van der Waals surface area (Å²) in [5, 5.41) is 8.17. The molecule has 8 heteroatoms. The second-order valence-electron chi connectivity index (χ2n) is 8.98. The smallest absolute Gasteiger partial charge is 0.260 e. The SMILES string of the molecule is COc1ccc(C2CC(c3ccccc3)n3nc(N4C(=O)C5CC=CCC5C4=O)nc3N2)cc1. The van der Waals surface area contributed by atoms with Gasteiger partial charge in [-0.25, -0.2) is 9.58 Å². The molecule has 172 valence electrons. The first-order valence-electron chi connectivity index (χ1n) is 11.6. The Hall–Kier alpha value is -3.94. The highest BCUT2D eigenvalue weighted by atomic mass is 16.5. The van der Waals surface area contributed by atoms with Crippen molar-refractivity contribution >= 4 is 23.7 Å². The lowest BCUT2D eigenvalue weighted by Crippen LogP contribution is -2.32. The average Bonchev–Trinajstić information content (AvgIpc) is 3.42. The maximum Gasteiger partial charge on any atom is 0.260 e. The number of rotatable bonds is 4. The predicted octanol–water partition coefficient (Wildman–Crippen LogP) is 3.89. The van der Waals surface area contributed by atoms with E-state index in [-0.39, 0.29) is 41.7 Å². The number of ether oxygens (including phenoxy) is 1. The summed E-state index contributed by atoms with van der Waals surface area (Å²) in [6, 6.07) is 18.0. The number of aromatic nitrogens is 3. The standard InChI is InChI=1S/C26H25N5O3/c1-34-18-13-11-16(12-14-18)21-15-22(17-7-3-2-4-8-17)31-25(27-21)28-26(29-31)30-23(32)19-9-5-6-10-20(19)24(30)33/h2-8,11-14,19-22H,9-10,15H2,1H3,(H,27,28,29). The molecular formula is C26H25N5O3. The zero-order valence-electron chi connectivity index (χ0n) is 18.8. The Morgan fingerprint density at radius 1 is 0.912 bits per heavy atom. The number of nitrogens with zero attached hydrogens (tertiary/aromatic N) is 4. The molecule has 4 unspecified atom stereocenters. The minimum Gasteiger partial charge on any atom is -0.497 e. The van der Waals surface area contributed by atoms with Crippen LogP contribution >= 0.6 is 0 Å². The van der Waals surface area contributed by atoms with E-state index in [1.807, 2.05) is 59.3 Å². The summed E-state index contributed by atoms with van der Waals surface area (Å²) in [7, 11) is 1.65. The van der Waals surface area contributed by atoms with Crippen molar-refractivity contribution in [3.8, 4) is 5.75 Å². The molecule has 1 aliphatic carbocycles. The molecule has 3 aromatic rings. The van der Waals surface area contributed by atoms with Crippen LogP contribution in [-0.2, 0) is 9.59 Å². The van der Waals surface area contributed by atoms with Crippen LogP contribution in [0.15, 0.2) is 66.7 Å². The van der Waals surface area contributed by atoms with Crippen LogP contribution in [-0.4, -0.2) is 33.7 Å². The quantitative estimate of drug-likeness (QED) is 0.474. The summed E-state index contributed by atoms with van der Waals surface area (Å²) in [5.41, 5.74) is 2.19. The molecule has 2 amide bonds. The molecule has 3 aliphatic rings. The van der Waals surface area contributed by atoms with Crippen molar-refractivity contribution in [2.24, 2.45) is 11.8 Å². The van der Waals surface area contributed by atoms with E-state index in [1.54, 1.807) is 7.11 Å². The Morgan fingerprint density at radius 2 is 1.59 bits per heavy atom. The summed E-state index contributed by atoms with van der Waals surface area (Å²) in [6.45, 7) is 0. The molecule has 0 radical (unpaired) electrons. The van der Waals surface area contributed by atoms with Gasteiger partial charge in [-0.15, -0.1) is 5.10 Å². The first-order chi connectivity index (χ1) is 16.6. The van der Waals surface area contributed by atoms with Gasteiger partial charge in [0, 0.05) is 0 Å². The fourth-order valence-electron chi connectivity index (χ4n) is 5.27. The van der Waals surface area contributed by atoms with E-state index in [0.717, 1.165) is 23.3 Å². The molecule has 2 aromatic carbocycles. The molecule has 1 saturated heterocycles. The minimum atomic E-state index is -0.317. The number of hydrogen-bond acceptors (Lipinski definition) is 6. The first kappa shape index (κ1) is 20.7. The van der Waals surface area contributed by atoms with Crippen molar-refractivity contribution in [1.82, 2.24) is 14.8 Å². The molecule has 6 rings (SSSR count). The number of amides is 2. The van der Waals surface area contributed by atoms with Gasteiger partial charge in [0.2, 0.25) is 17.8 Å². The van der Waals surface area contributed by atoms with Crippen molar-refractivity contribution in [3.05, 3.63) is 77.9 Å². The normalized spacial score (nSPS) is 25.6. The van der Waals surface area contributed by atoms with E-state index in [1.165, 1.54) is 4.90 Å². The third-order valence-corrected chi connectivity index (χ3v) is 7.09. The number of carbonyl (C=O) groups is 2. The van der Waals surface area contributed by atoms with Crippen LogP contribution in [0, 0.1) is 11.8 Å². The second kappa shape index (κ2) is 8.13. The van der Waals surface area contributed by atoms with Gasteiger partial charge in [-0.1, -0.05) is 54.6 Å². The van der Waals surface area contributed by atoms with Crippen molar-refractivity contribution in [2.75, 3.05) is 17.3 Å². The largest absolute Gasteiger partial charge is 0.497 e. The molecule has 0 saturated carbocycles. The van der Waals surface area contributed by atoms with E-state index in [2.05, 4.69) is 22.4 Å². The van der Waals surface area contributed by atoms with Crippen LogP contribution in [0.5, 0.6) is 5.75 Å². The maximum atomic E-state index is 13.1. The van der Waals surface area contributed by atoms with E-state index in [9.17, 15) is 9.59 Å². The zero-order valence-corrected chi connectivity index (χ0v) is 18.8. The number of allylic oxidation sites excluding steroid dienone is 2. The Morgan fingerprint density at radius 3 is 2.24 bits per heavy atom. The number of methoxy groups -OCH3 is 1. The highest BCUT2D eigenvalue weighted by Gasteiger charge is 2.49. The van der Waals surface area contributed by atoms with E-state index in [0.29, 0.717) is 18.8 Å². The number of hydrogen-bond donors (Lipinski definition) is 1. The van der Waals surface area contributed by atoms with Crippen LogP contribution in [0.25, 0.3) is 0 Å². The van der Waals surface area contributed by atoms with Gasteiger partial charge in [0.05, 0.1) is 31.0 Å². The summed E-state index contributed by atoms with van der Waals surface area (Å²) >= 11 is 0. The third kappa shape index (κ3) is 3.29. The molecular weight excluding hydrogens is 430 g/mol. The Bertz CT molecular complexity index is 1240. The predicted molar refractivity (Wildman–Crippen MR) is 126 cm³/mol. The Balaban J connectivity index is 1.38. The van der Waals surface area contributed by atoms with Gasteiger partial charge in [0.15, 0.2) is 0 Å². The molecule has 3 heterocycles. The molecule has 0 spiro atoms. The number of fused-ring (bicyclic) bond motifs is 2. The number of benzene rings is 2. The lowest BCUT2D eigenvalue weighted by atomic mass is 9.85. The number of carbonyl (C=O) groups excluding carboxylic acids is 2. The number of anilines is 2. The van der Waals surface area contributed by atoms with Gasteiger partial charge in [-0.3, -0.25) is 9.59 Å². The van der Waals surface area contributed by atoms with Crippen LogP contribution in [0.3, 0.4) is 0 Å². The number of nitrogens with one attached hydrogen (secondary N) is 1. The zero-order chi connectivity index (χ0) is 23.2. The second-order valence-corrected chi connectivity index (χ2v) is 8.98.